The van der Waals surface area contributed by atoms with Crippen LogP contribution in [0.15, 0.2) is 71.3 Å². The zero-order valence-corrected chi connectivity index (χ0v) is 31.2. The van der Waals surface area contributed by atoms with Crippen molar-refractivity contribution in [3.05, 3.63) is 112 Å². The van der Waals surface area contributed by atoms with Gasteiger partial charge < -0.3 is 19.9 Å². The fourth-order valence-electron chi connectivity index (χ4n) is 8.32. The van der Waals surface area contributed by atoms with Gasteiger partial charge in [0.1, 0.15) is 35.6 Å². The number of nitriles is 1. The van der Waals surface area contributed by atoms with Gasteiger partial charge in [0.05, 0.1) is 10.9 Å². The van der Waals surface area contributed by atoms with E-state index in [-0.39, 0.29) is 41.7 Å². The molecule has 1 saturated carbocycles. The number of carboxylic acid groups (broad SMARTS) is 1. The van der Waals surface area contributed by atoms with E-state index in [1.54, 1.807) is 24.4 Å². The summed E-state index contributed by atoms with van der Waals surface area (Å²) in [7, 11) is 0. The number of β-amino-alcohol motifs (C(OH)–C–C–N with tert-alkyl or cyclic N) is 1. The Hall–Kier alpha value is -4.93. The second kappa shape index (κ2) is 14.6. The van der Waals surface area contributed by atoms with E-state index >= 15 is 0 Å². The van der Waals surface area contributed by atoms with Crippen LogP contribution in [0.2, 0.25) is 0 Å². The molecule has 0 bridgehead atoms. The average molecular weight is 765 g/mol. The van der Waals surface area contributed by atoms with E-state index < -0.39 is 41.1 Å². The molecule has 3 N–H and O–H groups in total. The van der Waals surface area contributed by atoms with Crippen LogP contribution in [0.4, 0.5) is 4.39 Å². The molecule has 2 saturated heterocycles. The van der Waals surface area contributed by atoms with E-state index in [1.165, 1.54) is 0 Å². The molecular weight excluding hydrogens is 723 g/mol. The second-order valence-electron chi connectivity index (χ2n) is 15.5. The maximum absolute atomic E-state index is 14.5. The summed E-state index contributed by atoms with van der Waals surface area (Å²) in [5, 5.41) is 32.5. The Morgan fingerprint density at radius 1 is 1.15 bits per heavy atom. The summed E-state index contributed by atoms with van der Waals surface area (Å²) in [5.74, 6) is -0.982. The van der Waals surface area contributed by atoms with Crippen molar-refractivity contribution >= 4 is 40.2 Å². The van der Waals surface area contributed by atoms with Gasteiger partial charge >= 0.3 is 5.97 Å². The van der Waals surface area contributed by atoms with E-state index in [0.29, 0.717) is 31.6 Å². The minimum atomic E-state index is -1.52. The van der Waals surface area contributed by atoms with Gasteiger partial charge in [-0.3, -0.25) is 24.4 Å². The van der Waals surface area contributed by atoms with Gasteiger partial charge in [0.15, 0.2) is 11.1 Å². The number of carbonyl (C=O) groups is 2. The van der Waals surface area contributed by atoms with E-state index in [1.807, 2.05) is 59.2 Å². The van der Waals surface area contributed by atoms with Crippen molar-refractivity contribution < 1.29 is 28.6 Å². The van der Waals surface area contributed by atoms with Crippen LogP contribution >= 0.6 is 11.6 Å². The van der Waals surface area contributed by atoms with Crippen LogP contribution in [0.5, 0.6) is 0 Å². The lowest BCUT2D eigenvalue weighted by Gasteiger charge is -2.44. The first-order valence-corrected chi connectivity index (χ1v) is 19.2. The van der Waals surface area contributed by atoms with Crippen molar-refractivity contribution in [1.29, 1.82) is 5.26 Å². The molecule has 284 valence electrons. The number of benzene rings is 2. The number of hydrogen-bond acceptors (Lipinski definition) is 9. The van der Waals surface area contributed by atoms with Crippen molar-refractivity contribution in [3.8, 4) is 6.07 Å². The van der Waals surface area contributed by atoms with Crippen LogP contribution in [-0.2, 0) is 23.4 Å². The zero-order chi connectivity index (χ0) is 38.5. The van der Waals surface area contributed by atoms with Gasteiger partial charge in [0.2, 0.25) is 5.89 Å². The molecule has 4 heterocycles. The maximum Gasteiger partial charge on any atom is 0.320 e. The van der Waals surface area contributed by atoms with E-state index in [4.69, 9.17) is 21.0 Å². The van der Waals surface area contributed by atoms with Crippen molar-refractivity contribution in [1.82, 2.24) is 25.1 Å². The Balaban J connectivity index is 1.16. The number of alkyl halides is 2. The molecule has 0 spiro atoms. The normalized spacial score (nSPS) is 23.9. The number of carbonyl (C=O) groups excluding carboxylic acids is 1. The van der Waals surface area contributed by atoms with Crippen LogP contribution in [0, 0.1) is 18.3 Å². The number of nitrogens with zero attached hydrogens (tertiary/aromatic N) is 5. The number of halogens is 2. The first-order valence-electron chi connectivity index (χ1n) is 18.7. The Morgan fingerprint density at radius 2 is 1.95 bits per heavy atom. The molecule has 4 aromatic rings. The van der Waals surface area contributed by atoms with Gasteiger partial charge in [-0.1, -0.05) is 42.8 Å². The van der Waals surface area contributed by atoms with Crippen molar-refractivity contribution in [2.45, 2.75) is 80.6 Å². The molecule has 13 heteroatoms. The summed E-state index contributed by atoms with van der Waals surface area (Å²) in [4.78, 5) is 39.9. The highest BCUT2D eigenvalue weighted by molar-refractivity contribution is 6.28. The molecule has 2 aromatic heterocycles. The van der Waals surface area contributed by atoms with Gasteiger partial charge in [-0.15, -0.1) is 11.6 Å². The fourth-order valence-corrected chi connectivity index (χ4v) is 8.73. The maximum atomic E-state index is 14.5. The number of amides is 1. The highest BCUT2D eigenvalue weighted by atomic mass is 35.5. The summed E-state index contributed by atoms with van der Waals surface area (Å²) < 4.78 is 19.7. The van der Waals surface area contributed by atoms with Crippen LogP contribution in [0.3, 0.4) is 0 Å². The molecule has 3 atom stereocenters. The molecule has 2 aromatic carbocycles. The van der Waals surface area contributed by atoms with E-state index in [9.17, 15) is 29.5 Å². The number of rotatable bonds is 11. The summed E-state index contributed by atoms with van der Waals surface area (Å²) in [6.07, 6.45) is 11.5. The number of piperidine rings is 1. The topological polar surface area (TPSA) is 156 Å². The third-order valence-corrected chi connectivity index (χ3v) is 11.9. The van der Waals surface area contributed by atoms with E-state index in [2.05, 4.69) is 16.4 Å². The number of pyridine rings is 1. The molecule has 0 radical (unpaired) electrons. The largest absolute Gasteiger partial charge is 0.480 e. The number of fused-ring (bicyclic) bond motifs is 1. The quantitative estimate of drug-likeness (QED) is 0.152. The molecule has 4 aliphatic rings. The van der Waals surface area contributed by atoms with Crippen molar-refractivity contribution in [2.24, 2.45) is 0 Å². The number of oxazole rings is 1. The minimum absolute atomic E-state index is 0.0829. The number of aliphatic carboxylic acids is 1. The standard InChI is InChI=1S/C42H42ClFN6O5/c1-25-7-2-3-8-30(25)31-9-6-13-42(37(31)43,40-47-33-16-26(15-28(18-45)36(33)55-40)20-49-23-41(54,22-44)24-49)48-38(51)34-17-32(27-11-12-27)29(19-46-34)21-50-14-5-4-10-35(50)39(52)53/h2-3,6-9,13,15-17,19,27,35,37,54H,4-5,10-12,14,20-24H2,1H3,(H,48,51)(H,52,53)/t35-,37?,42?/m0/s1. The van der Waals surface area contributed by atoms with Crippen molar-refractivity contribution in [2.75, 3.05) is 26.3 Å². The summed E-state index contributed by atoms with van der Waals surface area (Å²) >= 11 is 7.48. The molecule has 11 nitrogen and oxygen atoms in total. The molecule has 55 heavy (non-hydrogen) atoms. The number of carboxylic acids is 1. The number of hydrogen-bond donors (Lipinski definition) is 3. The highest BCUT2D eigenvalue weighted by Crippen LogP contribution is 2.45. The van der Waals surface area contributed by atoms with Gasteiger partial charge in [-0.05, 0) is 103 Å². The lowest BCUT2D eigenvalue weighted by Crippen LogP contribution is -2.62. The third-order valence-electron chi connectivity index (χ3n) is 11.3. The summed E-state index contributed by atoms with van der Waals surface area (Å²) in [6.45, 7) is 3.01. The summed E-state index contributed by atoms with van der Waals surface area (Å²) in [5.41, 5.74) is 3.43. The summed E-state index contributed by atoms with van der Waals surface area (Å²) in [6, 6.07) is 14.8. The Kier molecular flexibility index (Phi) is 9.84. The van der Waals surface area contributed by atoms with Crippen LogP contribution in [0.25, 0.3) is 16.7 Å². The highest BCUT2D eigenvalue weighted by Gasteiger charge is 2.48. The molecule has 1 amide bonds. The SMILES string of the molecule is Cc1ccccc1C1=CC=CC(NC(=O)c2cc(C3CC3)c(CN3CCCC[C@H]3C(=O)O)cn2)(c2nc3cc(CN4CC(O)(CF)C4)cc(C#N)c3o2)C1Cl. The van der Waals surface area contributed by atoms with Crippen LogP contribution < -0.4 is 5.32 Å². The first-order chi connectivity index (χ1) is 26.5. The third kappa shape index (κ3) is 7.06. The number of likely N-dealkylation sites (tertiary alicyclic amines) is 2. The Morgan fingerprint density at radius 3 is 2.67 bits per heavy atom. The van der Waals surface area contributed by atoms with Gasteiger partial charge in [-0.2, -0.15) is 5.26 Å². The van der Waals surface area contributed by atoms with Crippen LogP contribution in [0.1, 0.15) is 87.8 Å². The molecule has 2 unspecified atom stereocenters. The molecule has 3 fully saturated rings. The second-order valence-corrected chi connectivity index (χ2v) is 15.9. The molecule has 8 rings (SSSR count). The number of aliphatic hydroxyl groups is 1. The van der Waals surface area contributed by atoms with Gasteiger partial charge in [0, 0.05) is 32.4 Å². The smallest absolute Gasteiger partial charge is 0.320 e. The zero-order valence-electron chi connectivity index (χ0n) is 30.5. The van der Waals surface area contributed by atoms with Crippen molar-refractivity contribution in [3.63, 3.8) is 0 Å². The van der Waals surface area contributed by atoms with Gasteiger partial charge in [0.25, 0.3) is 5.91 Å². The Bertz CT molecular complexity index is 2270. The number of aromatic nitrogens is 2. The number of aryl methyl sites for hydroxylation is 1. The molecule has 2 aliphatic carbocycles. The number of allylic oxidation sites excluding steroid dienone is 2. The van der Waals surface area contributed by atoms with Crippen LogP contribution in [-0.4, -0.2) is 85.2 Å². The minimum Gasteiger partial charge on any atom is -0.480 e. The average Bonchev–Trinajstić information content (AvgIpc) is 3.93. The molecular formula is C42H42ClFN6O5. The Labute approximate surface area is 323 Å². The lowest BCUT2D eigenvalue weighted by molar-refractivity contribution is -0.144. The van der Waals surface area contributed by atoms with E-state index in [0.717, 1.165) is 59.1 Å². The monoisotopic (exact) mass is 764 g/mol. The lowest BCUT2D eigenvalue weighted by atomic mass is 9.81. The first kappa shape index (κ1) is 37.0. The fraction of sp³-hybridized carbons (Fsp3) is 0.405. The predicted molar refractivity (Wildman–Crippen MR) is 204 cm³/mol. The molecule has 2 aliphatic heterocycles. The number of nitrogens with one attached hydrogen (secondary N) is 1. The predicted octanol–water partition coefficient (Wildman–Crippen LogP) is 6.12. The van der Waals surface area contributed by atoms with Gasteiger partial charge in [-0.25, -0.2) is 9.37 Å².